The fraction of sp³-hybridized carbons (Fsp3) is 0.290. The minimum Gasteiger partial charge on any atom is -0.503 e. The third-order valence-corrected chi connectivity index (χ3v) is 8.14. The fourth-order valence-electron chi connectivity index (χ4n) is 5.52. The molecule has 1 N–H and O–H groups in total. The minimum atomic E-state index is -0.466. The molecule has 4 aromatic rings. The van der Waals surface area contributed by atoms with Gasteiger partial charge in [0.2, 0.25) is 0 Å². The Morgan fingerprint density at radius 3 is 2.43 bits per heavy atom. The molecule has 2 heterocycles. The Morgan fingerprint density at radius 2 is 1.76 bits per heavy atom. The van der Waals surface area contributed by atoms with Crippen molar-refractivity contribution in [1.29, 1.82) is 0 Å². The van der Waals surface area contributed by atoms with Crippen molar-refractivity contribution in [1.82, 2.24) is 9.88 Å². The van der Waals surface area contributed by atoms with Gasteiger partial charge in [0.25, 0.3) is 0 Å². The SMILES string of the molecule is COc1cc(-c2ccc3ncc(C4(C=O)CC4)c(-c4ccc(CN5CCCC5)cc4)c3c2)cc(Cl)c1O. The van der Waals surface area contributed by atoms with Crippen LogP contribution in [0.2, 0.25) is 5.02 Å². The van der Waals surface area contributed by atoms with Crippen LogP contribution >= 0.6 is 11.6 Å². The van der Waals surface area contributed by atoms with Crippen LogP contribution in [-0.4, -0.2) is 41.5 Å². The molecule has 2 fully saturated rings. The Morgan fingerprint density at radius 1 is 1.03 bits per heavy atom. The molecule has 2 aliphatic rings. The summed E-state index contributed by atoms with van der Waals surface area (Å²) in [6, 6.07) is 18.4. The molecule has 1 aromatic heterocycles. The van der Waals surface area contributed by atoms with Gasteiger partial charge in [0.1, 0.15) is 6.29 Å². The van der Waals surface area contributed by atoms with Crippen molar-refractivity contribution < 1.29 is 14.6 Å². The van der Waals surface area contributed by atoms with Crippen LogP contribution in [0.1, 0.15) is 36.8 Å². The van der Waals surface area contributed by atoms with Crippen LogP contribution in [0.5, 0.6) is 11.5 Å². The van der Waals surface area contributed by atoms with Crippen molar-refractivity contribution in [2.45, 2.75) is 37.6 Å². The van der Waals surface area contributed by atoms with Gasteiger partial charge >= 0.3 is 0 Å². The zero-order valence-electron chi connectivity index (χ0n) is 20.8. The van der Waals surface area contributed by atoms with Crippen molar-refractivity contribution in [2.75, 3.05) is 20.2 Å². The highest BCUT2D eigenvalue weighted by atomic mass is 35.5. The van der Waals surface area contributed by atoms with Gasteiger partial charge in [-0.05, 0) is 96.4 Å². The van der Waals surface area contributed by atoms with E-state index in [1.54, 1.807) is 12.1 Å². The van der Waals surface area contributed by atoms with Crippen LogP contribution in [0.15, 0.2) is 60.8 Å². The summed E-state index contributed by atoms with van der Waals surface area (Å²) in [5.74, 6) is 0.246. The van der Waals surface area contributed by atoms with E-state index in [4.69, 9.17) is 21.3 Å². The summed E-state index contributed by atoms with van der Waals surface area (Å²) in [7, 11) is 1.51. The molecule has 0 amide bonds. The zero-order valence-corrected chi connectivity index (χ0v) is 21.6. The Hall–Kier alpha value is -3.41. The lowest BCUT2D eigenvalue weighted by molar-refractivity contribution is -0.109. The van der Waals surface area contributed by atoms with Crippen LogP contribution < -0.4 is 4.74 Å². The van der Waals surface area contributed by atoms with Crippen molar-refractivity contribution in [3.63, 3.8) is 0 Å². The molecule has 0 bridgehead atoms. The van der Waals surface area contributed by atoms with E-state index in [0.29, 0.717) is 5.75 Å². The van der Waals surface area contributed by atoms with Crippen LogP contribution in [0, 0.1) is 0 Å². The zero-order chi connectivity index (χ0) is 25.6. The van der Waals surface area contributed by atoms with Gasteiger partial charge in [-0.1, -0.05) is 41.9 Å². The highest BCUT2D eigenvalue weighted by Gasteiger charge is 2.46. The van der Waals surface area contributed by atoms with Gasteiger partial charge in [0.15, 0.2) is 11.5 Å². The fourth-order valence-corrected chi connectivity index (χ4v) is 5.73. The Kier molecular flexibility index (Phi) is 6.13. The standard InChI is InChI=1S/C31H29ClN2O3/c1-37-28-16-23(15-26(32)30(28)36)22-8-9-27-24(14-22)29(25(17-33-27)31(19-35)10-11-31)21-6-4-20(5-7-21)18-34-12-2-3-13-34/h4-9,14-17,19,36H,2-3,10-13,18H2,1H3. The number of halogens is 1. The second-order valence-electron chi connectivity index (χ2n) is 10.2. The van der Waals surface area contributed by atoms with Crippen molar-refractivity contribution >= 4 is 28.8 Å². The largest absolute Gasteiger partial charge is 0.503 e. The molecular weight excluding hydrogens is 484 g/mol. The number of fused-ring (bicyclic) bond motifs is 1. The highest BCUT2D eigenvalue weighted by molar-refractivity contribution is 6.32. The number of phenols is 1. The van der Waals surface area contributed by atoms with Gasteiger partial charge in [0, 0.05) is 18.1 Å². The maximum atomic E-state index is 12.2. The number of pyridine rings is 1. The lowest BCUT2D eigenvalue weighted by atomic mass is 9.87. The Labute approximate surface area is 221 Å². The number of carbonyl (C=O) groups is 1. The predicted molar refractivity (Wildman–Crippen MR) is 147 cm³/mol. The van der Waals surface area contributed by atoms with Crippen molar-refractivity contribution in [3.05, 3.63) is 76.9 Å². The minimum absolute atomic E-state index is 0.0750. The van der Waals surface area contributed by atoms with E-state index < -0.39 is 5.41 Å². The molecule has 3 aromatic carbocycles. The molecule has 6 rings (SSSR count). The summed E-state index contributed by atoms with van der Waals surface area (Å²) < 4.78 is 5.32. The van der Waals surface area contributed by atoms with Gasteiger partial charge in [0.05, 0.1) is 23.1 Å². The maximum absolute atomic E-state index is 12.2. The third kappa shape index (κ3) is 4.36. The number of aromatic nitrogens is 1. The number of hydrogen-bond acceptors (Lipinski definition) is 5. The topological polar surface area (TPSA) is 62.7 Å². The molecule has 37 heavy (non-hydrogen) atoms. The number of ether oxygens (including phenoxy) is 1. The Balaban J connectivity index is 1.49. The second kappa shape index (κ2) is 9.47. The van der Waals surface area contributed by atoms with E-state index in [-0.39, 0.29) is 10.8 Å². The number of rotatable bonds is 7. The van der Waals surface area contributed by atoms with Gasteiger partial charge < -0.3 is 14.6 Å². The van der Waals surface area contributed by atoms with Crippen LogP contribution in [-0.2, 0) is 16.8 Å². The number of phenolic OH excluding ortho intramolecular Hbond substituents is 1. The van der Waals surface area contributed by atoms with Gasteiger partial charge in [-0.25, -0.2) is 0 Å². The average Bonchev–Trinajstić information content (AvgIpc) is 3.56. The molecule has 1 aliphatic heterocycles. The first kappa shape index (κ1) is 24.0. The van der Waals surface area contributed by atoms with E-state index in [1.807, 2.05) is 18.3 Å². The molecule has 0 atom stereocenters. The smallest absolute Gasteiger partial charge is 0.176 e. The molecule has 0 radical (unpaired) electrons. The van der Waals surface area contributed by atoms with Gasteiger partial charge in [-0.2, -0.15) is 0 Å². The molecule has 0 spiro atoms. The number of aldehydes is 1. The highest BCUT2D eigenvalue weighted by Crippen LogP contribution is 2.51. The maximum Gasteiger partial charge on any atom is 0.176 e. The van der Waals surface area contributed by atoms with Crippen LogP contribution in [0.25, 0.3) is 33.2 Å². The predicted octanol–water partition coefficient (Wildman–Crippen LogP) is 6.76. The Bertz CT molecular complexity index is 1490. The first-order valence-corrected chi connectivity index (χ1v) is 13.2. The van der Waals surface area contributed by atoms with Gasteiger partial charge in [-0.15, -0.1) is 0 Å². The molecule has 6 heteroatoms. The number of carbonyl (C=O) groups excluding carboxylic acids is 1. The third-order valence-electron chi connectivity index (χ3n) is 7.85. The molecular formula is C31H29ClN2O3. The first-order valence-electron chi connectivity index (χ1n) is 12.8. The lowest BCUT2D eigenvalue weighted by Crippen LogP contribution is -2.18. The summed E-state index contributed by atoms with van der Waals surface area (Å²) >= 11 is 6.30. The first-order chi connectivity index (χ1) is 18.0. The van der Waals surface area contributed by atoms with E-state index in [9.17, 15) is 9.90 Å². The number of likely N-dealkylation sites (tertiary alicyclic amines) is 1. The van der Waals surface area contributed by atoms with E-state index in [2.05, 4.69) is 35.2 Å². The molecule has 1 aliphatic carbocycles. The summed E-state index contributed by atoms with van der Waals surface area (Å²) in [5, 5.41) is 11.4. The molecule has 1 saturated heterocycles. The number of benzene rings is 3. The summed E-state index contributed by atoms with van der Waals surface area (Å²) in [4.78, 5) is 19.4. The average molecular weight is 513 g/mol. The number of aromatic hydroxyl groups is 1. The van der Waals surface area contributed by atoms with E-state index in [1.165, 1.54) is 25.5 Å². The monoisotopic (exact) mass is 512 g/mol. The van der Waals surface area contributed by atoms with Crippen molar-refractivity contribution in [2.24, 2.45) is 0 Å². The summed E-state index contributed by atoms with van der Waals surface area (Å²) in [6.07, 6.45) is 7.21. The van der Waals surface area contributed by atoms with E-state index in [0.717, 1.165) is 77.5 Å². The normalized spacial score (nSPS) is 16.7. The van der Waals surface area contributed by atoms with Crippen LogP contribution in [0.4, 0.5) is 0 Å². The number of nitrogens with zero attached hydrogens (tertiary/aromatic N) is 2. The molecule has 0 unspecified atom stereocenters. The summed E-state index contributed by atoms with van der Waals surface area (Å²) in [6.45, 7) is 3.30. The van der Waals surface area contributed by atoms with Crippen LogP contribution in [0.3, 0.4) is 0 Å². The number of methoxy groups -OCH3 is 1. The summed E-state index contributed by atoms with van der Waals surface area (Å²) in [5.41, 5.74) is 6.58. The molecule has 5 nitrogen and oxygen atoms in total. The molecule has 188 valence electrons. The van der Waals surface area contributed by atoms with Crippen molar-refractivity contribution in [3.8, 4) is 33.8 Å². The lowest BCUT2D eigenvalue weighted by Gasteiger charge is -2.19. The number of hydrogen-bond donors (Lipinski definition) is 1. The van der Waals surface area contributed by atoms with E-state index >= 15 is 0 Å². The second-order valence-corrected chi connectivity index (χ2v) is 10.6. The van der Waals surface area contributed by atoms with Gasteiger partial charge in [-0.3, -0.25) is 9.88 Å². The quantitative estimate of drug-likeness (QED) is 0.277. The molecule has 1 saturated carbocycles.